The molecule has 2 rings (SSSR count). The highest BCUT2D eigenvalue weighted by atomic mass is 16.6. The summed E-state index contributed by atoms with van der Waals surface area (Å²) in [4.78, 5) is 12.3. The van der Waals surface area contributed by atoms with Gasteiger partial charge >= 0.3 is 5.97 Å². The summed E-state index contributed by atoms with van der Waals surface area (Å²) in [5, 5.41) is 11.3. The van der Waals surface area contributed by atoms with Gasteiger partial charge in [-0.1, -0.05) is 31.5 Å². The quantitative estimate of drug-likeness (QED) is 0.808. The predicted octanol–water partition coefficient (Wildman–Crippen LogP) is 3.50. The largest absolute Gasteiger partial charge is 0.459 e. The van der Waals surface area contributed by atoms with E-state index in [0.717, 1.165) is 5.56 Å². The SMILES string of the molecule is Cc1ccc(-c2nnc(CNC(C(=O)OC(C)(C)C)C(C)C)o2)cc1. The molecule has 0 spiro atoms. The van der Waals surface area contributed by atoms with Crippen LogP contribution in [0.4, 0.5) is 0 Å². The van der Waals surface area contributed by atoms with Gasteiger partial charge in [0.1, 0.15) is 11.6 Å². The molecule has 1 aromatic carbocycles. The van der Waals surface area contributed by atoms with E-state index in [1.807, 2.05) is 65.8 Å². The van der Waals surface area contributed by atoms with Crippen molar-refractivity contribution < 1.29 is 13.9 Å². The molecule has 0 radical (unpaired) electrons. The van der Waals surface area contributed by atoms with Gasteiger partial charge in [0, 0.05) is 5.56 Å². The monoisotopic (exact) mass is 345 g/mol. The third-order valence-electron chi connectivity index (χ3n) is 3.57. The van der Waals surface area contributed by atoms with Gasteiger partial charge in [-0.3, -0.25) is 10.1 Å². The molecule has 1 atom stereocenters. The molecule has 136 valence electrons. The van der Waals surface area contributed by atoms with Crippen molar-refractivity contribution in [3.8, 4) is 11.5 Å². The molecule has 0 aliphatic rings. The third-order valence-corrected chi connectivity index (χ3v) is 3.57. The molecular formula is C19H27N3O3. The standard InChI is InChI=1S/C19H27N3O3/c1-12(2)16(18(23)25-19(4,5)6)20-11-15-21-22-17(24-15)14-9-7-13(3)8-10-14/h7-10,12,16,20H,11H2,1-6H3. The minimum Gasteiger partial charge on any atom is -0.459 e. The number of nitrogens with one attached hydrogen (secondary N) is 1. The number of aromatic nitrogens is 2. The normalized spacial score (nSPS) is 13.1. The highest BCUT2D eigenvalue weighted by Crippen LogP contribution is 2.18. The Labute approximate surface area is 149 Å². The molecule has 0 bridgehead atoms. The fourth-order valence-corrected chi connectivity index (χ4v) is 2.29. The maximum Gasteiger partial charge on any atom is 0.323 e. The first kappa shape index (κ1) is 19.1. The summed E-state index contributed by atoms with van der Waals surface area (Å²) in [7, 11) is 0. The average Bonchev–Trinajstić information content (AvgIpc) is 2.95. The number of nitrogens with zero attached hydrogens (tertiary/aromatic N) is 2. The molecule has 6 heteroatoms. The summed E-state index contributed by atoms with van der Waals surface area (Å²) in [6, 6.07) is 7.44. The summed E-state index contributed by atoms with van der Waals surface area (Å²) >= 11 is 0. The van der Waals surface area contributed by atoms with Gasteiger partial charge in [-0.15, -0.1) is 10.2 Å². The van der Waals surface area contributed by atoms with E-state index in [1.165, 1.54) is 5.56 Å². The van der Waals surface area contributed by atoms with Gasteiger partial charge in [0.15, 0.2) is 0 Å². The van der Waals surface area contributed by atoms with Crippen molar-refractivity contribution >= 4 is 5.97 Å². The van der Waals surface area contributed by atoms with E-state index in [1.54, 1.807) is 0 Å². The summed E-state index contributed by atoms with van der Waals surface area (Å²) < 4.78 is 11.2. The maximum absolute atomic E-state index is 12.3. The van der Waals surface area contributed by atoms with Crippen LogP contribution in [0.3, 0.4) is 0 Å². The van der Waals surface area contributed by atoms with Crippen molar-refractivity contribution in [2.75, 3.05) is 0 Å². The van der Waals surface area contributed by atoms with E-state index in [9.17, 15) is 4.79 Å². The second-order valence-corrected chi connectivity index (χ2v) is 7.50. The highest BCUT2D eigenvalue weighted by molar-refractivity contribution is 5.76. The van der Waals surface area contributed by atoms with Crippen LogP contribution in [0.25, 0.3) is 11.5 Å². The highest BCUT2D eigenvalue weighted by Gasteiger charge is 2.27. The first-order chi connectivity index (χ1) is 11.7. The van der Waals surface area contributed by atoms with Gasteiger partial charge in [0.05, 0.1) is 6.54 Å². The molecule has 0 aliphatic carbocycles. The van der Waals surface area contributed by atoms with Crippen LogP contribution in [0.1, 0.15) is 46.1 Å². The van der Waals surface area contributed by atoms with Gasteiger partial charge in [-0.05, 0) is 45.7 Å². The smallest absolute Gasteiger partial charge is 0.323 e. The Hall–Kier alpha value is -2.21. The van der Waals surface area contributed by atoms with E-state index in [4.69, 9.17) is 9.15 Å². The van der Waals surface area contributed by atoms with Crippen molar-refractivity contribution in [2.45, 2.75) is 59.7 Å². The number of hydrogen-bond acceptors (Lipinski definition) is 6. The molecular weight excluding hydrogens is 318 g/mol. The summed E-state index contributed by atoms with van der Waals surface area (Å²) in [5.41, 5.74) is 1.52. The third kappa shape index (κ3) is 5.67. The fraction of sp³-hybridized carbons (Fsp3) is 0.526. The lowest BCUT2D eigenvalue weighted by atomic mass is 10.0. The van der Waals surface area contributed by atoms with Gasteiger partial charge < -0.3 is 9.15 Å². The summed E-state index contributed by atoms with van der Waals surface area (Å²) in [6.45, 7) is 11.8. The molecule has 1 unspecified atom stereocenters. The van der Waals surface area contributed by atoms with Crippen molar-refractivity contribution in [1.82, 2.24) is 15.5 Å². The molecule has 0 aliphatic heterocycles. The number of carbonyl (C=O) groups is 1. The lowest BCUT2D eigenvalue weighted by Crippen LogP contribution is -2.44. The van der Waals surface area contributed by atoms with Crippen LogP contribution in [-0.2, 0) is 16.1 Å². The second-order valence-electron chi connectivity index (χ2n) is 7.50. The zero-order chi connectivity index (χ0) is 18.6. The van der Waals surface area contributed by atoms with Crippen LogP contribution in [0.5, 0.6) is 0 Å². The fourth-order valence-electron chi connectivity index (χ4n) is 2.29. The number of esters is 1. The van der Waals surface area contributed by atoms with Crippen molar-refractivity contribution in [2.24, 2.45) is 5.92 Å². The van der Waals surface area contributed by atoms with Crippen LogP contribution in [0.2, 0.25) is 0 Å². The number of carbonyl (C=O) groups excluding carboxylic acids is 1. The molecule has 1 aromatic heterocycles. The molecule has 0 amide bonds. The predicted molar refractivity (Wildman–Crippen MR) is 95.8 cm³/mol. The number of rotatable bonds is 6. The Morgan fingerprint density at radius 3 is 2.40 bits per heavy atom. The Kier molecular flexibility index (Phi) is 5.95. The van der Waals surface area contributed by atoms with E-state index in [-0.39, 0.29) is 11.9 Å². The topological polar surface area (TPSA) is 77.2 Å². The van der Waals surface area contributed by atoms with Crippen LogP contribution in [-0.4, -0.2) is 27.8 Å². The average molecular weight is 345 g/mol. The van der Waals surface area contributed by atoms with Gasteiger partial charge in [-0.25, -0.2) is 0 Å². The Bertz CT molecular complexity index is 699. The van der Waals surface area contributed by atoms with E-state index in [0.29, 0.717) is 18.3 Å². The first-order valence-electron chi connectivity index (χ1n) is 8.51. The Morgan fingerprint density at radius 1 is 1.20 bits per heavy atom. The minimum atomic E-state index is -0.519. The number of hydrogen-bond donors (Lipinski definition) is 1. The molecule has 2 aromatic rings. The first-order valence-corrected chi connectivity index (χ1v) is 8.51. The second kappa shape index (κ2) is 7.78. The number of aryl methyl sites for hydroxylation is 1. The minimum absolute atomic E-state index is 0.0781. The molecule has 6 nitrogen and oxygen atoms in total. The van der Waals surface area contributed by atoms with Crippen molar-refractivity contribution in [3.63, 3.8) is 0 Å². The molecule has 25 heavy (non-hydrogen) atoms. The van der Waals surface area contributed by atoms with E-state index >= 15 is 0 Å². The van der Waals surface area contributed by atoms with E-state index < -0.39 is 11.6 Å². The van der Waals surface area contributed by atoms with Crippen molar-refractivity contribution in [3.05, 3.63) is 35.7 Å². The molecule has 1 heterocycles. The maximum atomic E-state index is 12.3. The molecule has 1 N–H and O–H groups in total. The molecule has 0 fully saturated rings. The zero-order valence-corrected chi connectivity index (χ0v) is 15.8. The van der Waals surface area contributed by atoms with Crippen LogP contribution < -0.4 is 5.32 Å². The van der Waals surface area contributed by atoms with Gasteiger partial charge in [0.2, 0.25) is 11.8 Å². The van der Waals surface area contributed by atoms with Crippen LogP contribution >= 0.6 is 0 Å². The lowest BCUT2D eigenvalue weighted by Gasteiger charge is -2.26. The van der Waals surface area contributed by atoms with Crippen LogP contribution in [0, 0.1) is 12.8 Å². The summed E-state index contributed by atoms with van der Waals surface area (Å²) in [5.74, 6) is 0.704. The molecule has 0 saturated heterocycles. The number of benzene rings is 1. The Morgan fingerprint density at radius 2 is 1.84 bits per heavy atom. The van der Waals surface area contributed by atoms with Gasteiger partial charge in [0.25, 0.3) is 0 Å². The van der Waals surface area contributed by atoms with Gasteiger partial charge in [-0.2, -0.15) is 0 Å². The Balaban J connectivity index is 2.01. The summed E-state index contributed by atoms with van der Waals surface area (Å²) in [6.07, 6.45) is 0. The van der Waals surface area contributed by atoms with Crippen molar-refractivity contribution in [1.29, 1.82) is 0 Å². The zero-order valence-electron chi connectivity index (χ0n) is 15.8. The van der Waals surface area contributed by atoms with Crippen LogP contribution in [0.15, 0.2) is 28.7 Å². The van der Waals surface area contributed by atoms with E-state index in [2.05, 4.69) is 15.5 Å². The lowest BCUT2D eigenvalue weighted by molar-refractivity contribution is -0.158. The molecule has 0 saturated carbocycles. The number of ether oxygens (including phenoxy) is 1.